The van der Waals surface area contributed by atoms with Crippen molar-refractivity contribution in [2.45, 2.75) is 13.0 Å². The van der Waals surface area contributed by atoms with Gasteiger partial charge in [-0.25, -0.2) is 9.78 Å². The number of nitrogens with one attached hydrogen (secondary N) is 1. The van der Waals surface area contributed by atoms with E-state index in [0.29, 0.717) is 5.69 Å². The number of methoxy groups -OCH3 is 1. The van der Waals surface area contributed by atoms with Gasteiger partial charge < -0.3 is 15.2 Å². The van der Waals surface area contributed by atoms with Crippen LogP contribution in [0.2, 0.25) is 0 Å². The van der Waals surface area contributed by atoms with Crippen LogP contribution >= 0.6 is 0 Å². The summed E-state index contributed by atoms with van der Waals surface area (Å²) in [4.78, 5) is 26.9. The van der Waals surface area contributed by atoms with E-state index in [4.69, 9.17) is 5.11 Å². The molecule has 0 saturated heterocycles. The Hall–Kier alpha value is -1.95. The lowest BCUT2D eigenvalue weighted by Gasteiger charge is -2.13. The molecular formula is C11H14N2O4. The number of esters is 1. The van der Waals surface area contributed by atoms with Gasteiger partial charge in [-0.05, 0) is 19.1 Å². The summed E-state index contributed by atoms with van der Waals surface area (Å²) in [6.07, 6.45) is 0. The number of hydrogen-bond donors (Lipinski definition) is 2. The molecule has 0 bridgehead atoms. The van der Waals surface area contributed by atoms with Crippen molar-refractivity contribution in [3.8, 4) is 0 Å². The van der Waals surface area contributed by atoms with Crippen LogP contribution in [0.5, 0.6) is 0 Å². The predicted molar refractivity (Wildman–Crippen MR) is 59.3 cm³/mol. The number of hydrogen-bond acceptors (Lipinski definition) is 5. The van der Waals surface area contributed by atoms with Gasteiger partial charge in [-0.1, -0.05) is 6.07 Å². The molecule has 1 aromatic rings. The van der Waals surface area contributed by atoms with Gasteiger partial charge in [0.1, 0.15) is 5.69 Å². The highest BCUT2D eigenvalue weighted by atomic mass is 16.5. The van der Waals surface area contributed by atoms with Gasteiger partial charge in [-0.3, -0.25) is 4.79 Å². The smallest absolute Gasteiger partial charge is 0.330 e. The fourth-order valence-corrected chi connectivity index (χ4v) is 1.22. The Labute approximate surface area is 98.6 Å². The SMILES string of the molecule is COC(=O)C(CO)NC(=O)c1cccc(C)n1. The van der Waals surface area contributed by atoms with E-state index in [-0.39, 0.29) is 5.69 Å². The number of nitrogens with zero attached hydrogens (tertiary/aromatic N) is 1. The lowest BCUT2D eigenvalue weighted by atomic mass is 10.2. The van der Waals surface area contributed by atoms with Crippen LogP contribution in [0.4, 0.5) is 0 Å². The van der Waals surface area contributed by atoms with Crippen LogP contribution in [0, 0.1) is 6.92 Å². The number of carbonyl (C=O) groups excluding carboxylic acids is 2. The first kappa shape index (κ1) is 13.1. The van der Waals surface area contributed by atoms with Crippen molar-refractivity contribution in [3.63, 3.8) is 0 Å². The van der Waals surface area contributed by atoms with Crippen LogP contribution in [0.25, 0.3) is 0 Å². The number of aryl methyl sites for hydroxylation is 1. The molecule has 0 aliphatic carbocycles. The van der Waals surface area contributed by atoms with Gasteiger partial charge in [0.2, 0.25) is 0 Å². The molecule has 0 aliphatic heterocycles. The first-order valence-corrected chi connectivity index (χ1v) is 5.01. The Bertz CT molecular complexity index is 420. The molecule has 1 heterocycles. The molecule has 0 fully saturated rings. The summed E-state index contributed by atoms with van der Waals surface area (Å²) in [5, 5.41) is 11.3. The standard InChI is InChI=1S/C11H14N2O4/c1-7-4-3-5-8(12-7)10(15)13-9(6-14)11(16)17-2/h3-5,9,14H,6H2,1-2H3,(H,13,15). The quantitative estimate of drug-likeness (QED) is 0.700. The van der Waals surface area contributed by atoms with E-state index in [0.717, 1.165) is 0 Å². The molecule has 0 aromatic carbocycles. The van der Waals surface area contributed by atoms with Crippen LogP contribution < -0.4 is 5.32 Å². The third kappa shape index (κ3) is 3.53. The lowest BCUT2D eigenvalue weighted by molar-refractivity contribution is -0.143. The van der Waals surface area contributed by atoms with E-state index < -0.39 is 24.5 Å². The van der Waals surface area contributed by atoms with Crippen molar-refractivity contribution in [2.24, 2.45) is 0 Å². The lowest BCUT2D eigenvalue weighted by Crippen LogP contribution is -2.44. The number of aromatic nitrogens is 1. The predicted octanol–water partition coefficient (Wildman–Crippen LogP) is -0.346. The van der Waals surface area contributed by atoms with Crippen LogP contribution in [-0.4, -0.2) is 41.7 Å². The number of aliphatic hydroxyl groups is 1. The molecule has 1 unspecified atom stereocenters. The van der Waals surface area contributed by atoms with Gasteiger partial charge in [0, 0.05) is 5.69 Å². The molecular weight excluding hydrogens is 224 g/mol. The molecule has 1 aromatic heterocycles. The molecule has 0 spiro atoms. The summed E-state index contributed by atoms with van der Waals surface area (Å²) < 4.78 is 4.43. The van der Waals surface area contributed by atoms with Crippen molar-refractivity contribution in [3.05, 3.63) is 29.6 Å². The topological polar surface area (TPSA) is 88.5 Å². The molecule has 1 atom stereocenters. The number of rotatable bonds is 4. The maximum Gasteiger partial charge on any atom is 0.330 e. The maximum absolute atomic E-state index is 11.7. The largest absolute Gasteiger partial charge is 0.467 e. The minimum atomic E-state index is -1.07. The van der Waals surface area contributed by atoms with Gasteiger partial charge in [0.25, 0.3) is 5.91 Å². The van der Waals surface area contributed by atoms with Crippen LogP contribution in [-0.2, 0) is 9.53 Å². The molecule has 1 rings (SSSR count). The average Bonchev–Trinajstić information content (AvgIpc) is 2.34. The Morgan fingerprint density at radius 1 is 1.53 bits per heavy atom. The summed E-state index contributed by atoms with van der Waals surface area (Å²) in [5.41, 5.74) is 0.878. The minimum absolute atomic E-state index is 0.187. The number of aliphatic hydroxyl groups excluding tert-OH is 1. The van der Waals surface area contributed by atoms with Gasteiger partial charge in [-0.15, -0.1) is 0 Å². The Morgan fingerprint density at radius 3 is 2.76 bits per heavy atom. The molecule has 0 saturated carbocycles. The van der Waals surface area contributed by atoms with Crippen LogP contribution in [0.1, 0.15) is 16.2 Å². The molecule has 6 heteroatoms. The van der Waals surface area contributed by atoms with Crippen molar-refractivity contribution < 1.29 is 19.4 Å². The number of amides is 1. The number of carbonyl (C=O) groups is 2. The normalized spacial score (nSPS) is 11.7. The number of pyridine rings is 1. The molecule has 6 nitrogen and oxygen atoms in total. The maximum atomic E-state index is 11.7. The van der Waals surface area contributed by atoms with Crippen molar-refractivity contribution in [1.82, 2.24) is 10.3 Å². The van der Waals surface area contributed by atoms with Gasteiger partial charge in [0.05, 0.1) is 13.7 Å². The molecule has 1 amide bonds. The van der Waals surface area contributed by atoms with E-state index in [1.165, 1.54) is 13.2 Å². The van der Waals surface area contributed by atoms with Gasteiger partial charge in [-0.2, -0.15) is 0 Å². The Balaban J connectivity index is 2.74. The highest BCUT2D eigenvalue weighted by Crippen LogP contribution is 1.99. The van der Waals surface area contributed by atoms with Crippen molar-refractivity contribution in [1.29, 1.82) is 0 Å². The Kier molecular flexibility index (Phi) is 4.59. The third-order valence-electron chi connectivity index (χ3n) is 2.09. The summed E-state index contributed by atoms with van der Waals surface area (Å²) >= 11 is 0. The van der Waals surface area contributed by atoms with E-state index in [1.54, 1.807) is 19.1 Å². The summed E-state index contributed by atoms with van der Waals surface area (Å²) in [6.45, 7) is 1.23. The monoisotopic (exact) mass is 238 g/mol. The molecule has 92 valence electrons. The zero-order valence-corrected chi connectivity index (χ0v) is 9.64. The second-order valence-corrected chi connectivity index (χ2v) is 3.40. The summed E-state index contributed by atoms with van der Waals surface area (Å²) in [7, 11) is 1.18. The Morgan fingerprint density at radius 2 is 2.24 bits per heavy atom. The van der Waals surface area contributed by atoms with Crippen molar-refractivity contribution in [2.75, 3.05) is 13.7 Å². The van der Waals surface area contributed by atoms with Gasteiger partial charge in [0.15, 0.2) is 6.04 Å². The molecule has 0 aliphatic rings. The van der Waals surface area contributed by atoms with E-state index in [1.807, 2.05) is 0 Å². The highest BCUT2D eigenvalue weighted by Gasteiger charge is 2.21. The fourth-order valence-electron chi connectivity index (χ4n) is 1.22. The van der Waals surface area contributed by atoms with Gasteiger partial charge >= 0.3 is 5.97 Å². The molecule has 2 N–H and O–H groups in total. The summed E-state index contributed by atoms with van der Waals surface area (Å²) in [6, 6.07) is 3.88. The first-order valence-electron chi connectivity index (χ1n) is 5.01. The zero-order valence-electron chi connectivity index (χ0n) is 9.64. The van der Waals surface area contributed by atoms with Crippen molar-refractivity contribution >= 4 is 11.9 Å². The van der Waals surface area contributed by atoms with E-state index in [9.17, 15) is 9.59 Å². The van der Waals surface area contributed by atoms with E-state index in [2.05, 4.69) is 15.0 Å². The molecule has 17 heavy (non-hydrogen) atoms. The fraction of sp³-hybridized carbons (Fsp3) is 0.364. The minimum Gasteiger partial charge on any atom is -0.467 e. The van der Waals surface area contributed by atoms with E-state index >= 15 is 0 Å². The van der Waals surface area contributed by atoms with Crippen LogP contribution in [0.15, 0.2) is 18.2 Å². The second kappa shape index (κ2) is 5.95. The second-order valence-electron chi connectivity index (χ2n) is 3.40. The third-order valence-corrected chi connectivity index (χ3v) is 2.09. The molecule has 0 radical (unpaired) electrons. The number of ether oxygens (including phenoxy) is 1. The average molecular weight is 238 g/mol. The first-order chi connectivity index (χ1) is 8.08. The zero-order chi connectivity index (χ0) is 12.8. The highest BCUT2D eigenvalue weighted by molar-refractivity contribution is 5.95. The summed E-state index contributed by atoms with van der Waals surface area (Å²) in [5.74, 6) is -1.23. The van der Waals surface area contributed by atoms with Crippen LogP contribution in [0.3, 0.4) is 0 Å².